The number of rotatable bonds is 7. The largest absolute Gasteiger partial charge is 0.356 e. The molecule has 38 heavy (non-hydrogen) atoms. The van der Waals surface area contributed by atoms with Gasteiger partial charge in [0.2, 0.25) is 5.91 Å². The molecular weight excluding hydrogens is 504 g/mol. The van der Waals surface area contributed by atoms with Gasteiger partial charge in [0.1, 0.15) is 16.9 Å². The first-order chi connectivity index (χ1) is 18.4. The number of aromatic amines is 1. The third-order valence-electron chi connectivity index (χ3n) is 7.24. The Kier molecular flexibility index (Phi) is 7.58. The number of carbonyl (C=O) groups is 1. The van der Waals surface area contributed by atoms with Gasteiger partial charge in [0, 0.05) is 58.4 Å². The van der Waals surface area contributed by atoms with Crippen molar-refractivity contribution in [3.8, 4) is 6.07 Å². The molecule has 2 aliphatic heterocycles. The summed E-state index contributed by atoms with van der Waals surface area (Å²) in [4.78, 5) is 37.8. The van der Waals surface area contributed by atoms with Gasteiger partial charge in [-0.15, -0.1) is 0 Å². The number of piperazine rings is 1. The minimum atomic E-state index is -0.409. The lowest BCUT2D eigenvalue weighted by molar-refractivity contribution is -0.131. The van der Waals surface area contributed by atoms with Gasteiger partial charge in [0.25, 0.3) is 5.56 Å². The summed E-state index contributed by atoms with van der Waals surface area (Å²) in [6.07, 6.45) is 3.60. The molecule has 5 rings (SSSR count). The Labute approximate surface area is 226 Å². The van der Waals surface area contributed by atoms with Crippen LogP contribution in [0, 0.1) is 11.3 Å². The zero-order valence-electron chi connectivity index (χ0n) is 21.2. The number of nitrogens with one attached hydrogen (secondary N) is 1. The van der Waals surface area contributed by atoms with E-state index in [0.29, 0.717) is 63.5 Å². The monoisotopic (exact) mass is 532 g/mol. The first-order valence-corrected chi connectivity index (χ1v) is 13.0. The molecule has 0 radical (unpaired) electrons. The number of hydrogen-bond acceptors (Lipinski definition) is 8. The molecule has 1 fully saturated rings. The van der Waals surface area contributed by atoms with Crippen LogP contribution in [-0.4, -0.2) is 77.2 Å². The van der Waals surface area contributed by atoms with Crippen LogP contribution in [0.15, 0.2) is 53.6 Å². The third-order valence-corrected chi connectivity index (χ3v) is 7.61. The quantitative estimate of drug-likeness (QED) is 0.493. The van der Waals surface area contributed by atoms with E-state index in [1.165, 1.54) is 11.1 Å². The Morgan fingerprint density at radius 2 is 1.97 bits per heavy atom. The Morgan fingerprint density at radius 1 is 1.18 bits per heavy atom. The average molecular weight is 533 g/mol. The second kappa shape index (κ2) is 11.2. The summed E-state index contributed by atoms with van der Waals surface area (Å²) in [5, 5.41) is 15.4. The molecule has 0 aliphatic carbocycles. The highest BCUT2D eigenvalue weighted by atomic mass is 35.5. The van der Waals surface area contributed by atoms with Crippen LogP contribution in [0.5, 0.6) is 0 Å². The zero-order valence-corrected chi connectivity index (χ0v) is 21.9. The predicted octanol–water partition coefficient (Wildman–Crippen LogP) is 2.42. The normalized spacial score (nSPS) is 17.0. The van der Waals surface area contributed by atoms with Gasteiger partial charge in [-0.2, -0.15) is 10.4 Å². The molecule has 10 nitrogen and oxygen atoms in total. The van der Waals surface area contributed by atoms with Gasteiger partial charge in [-0.1, -0.05) is 35.9 Å². The number of amides is 1. The maximum atomic E-state index is 13.0. The number of likely N-dealkylation sites (N-methyl/N-ethyl adjacent to an activating group) is 1. The van der Waals surface area contributed by atoms with Crippen LogP contribution in [0.1, 0.15) is 29.2 Å². The van der Waals surface area contributed by atoms with Crippen LogP contribution in [0.2, 0.25) is 5.02 Å². The number of anilines is 2. The van der Waals surface area contributed by atoms with E-state index in [2.05, 4.69) is 48.1 Å². The lowest BCUT2D eigenvalue weighted by Crippen LogP contribution is -2.49. The molecule has 11 heteroatoms. The van der Waals surface area contributed by atoms with Gasteiger partial charge in [-0.3, -0.25) is 9.59 Å². The molecule has 1 N–H and O–H groups in total. The van der Waals surface area contributed by atoms with Crippen molar-refractivity contribution in [3.05, 3.63) is 80.9 Å². The fourth-order valence-corrected chi connectivity index (χ4v) is 5.34. The van der Waals surface area contributed by atoms with Crippen molar-refractivity contribution in [2.45, 2.75) is 19.0 Å². The minimum Gasteiger partial charge on any atom is -0.356 e. The lowest BCUT2D eigenvalue weighted by atomic mass is 10.0. The SMILES string of the molecule is CN(CCC(=O)N1CCN(c2ccc(C#N)cn2)CC1)C[C@@H]1c2ccccc2CN1c1cn[nH]c(=O)c1Cl. The Hall–Kier alpha value is -3.94. The molecule has 2 aliphatic rings. The van der Waals surface area contributed by atoms with Crippen molar-refractivity contribution in [1.82, 2.24) is 25.0 Å². The molecule has 0 unspecified atom stereocenters. The van der Waals surface area contributed by atoms with E-state index in [9.17, 15) is 9.59 Å². The van der Waals surface area contributed by atoms with E-state index in [1.807, 2.05) is 30.1 Å². The molecule has 4 heterocycles. The van der Waals surface area contributed by atoms with Crippen molar-refractivity contribution in [2.24, 2.45) is 0 Å². The van der Waals surface area contributed by atoms with Gasteiger partial charge in [0.15, 0.2) is 0 Å². The van der Waals surface area contributed by atoms with Gasteiger partial charge in [-0.05, 0) is 30.3 Å². The topological polar surface area (TPSA) is 112 Å². The third kappa shape index (κ3) is 5.35. The Balaban J connectivity index is 1.17. The molecular formula is C27H29ClN8O2. The van der Waals surface area contributed by atoms with Crippen LogP contribution in [-0.2, 0) is 11.3 Å². The molecule has 1 aromatic carbocycles. The molecule has 1 amide bonds. The number of pyridine rings is 1. The van der Waals surface area contributed by atoms with Gasteiger partial charge < -0.3 is 19.6 Å². The van der Waals surface area contributed by atoms with E-state index < -0.39 is 5.56 Å². The first kappa shape index (κ1) is 25.7. The van der Waals surface area contributed by atoms with E-state index in [0.717, 1.165) is 5.82 Å². The number of fused-ring (bicyclic) bond motifs is 1. The molecule has 0 saturated carbocycles. The van der Waals surface area contributed by atoms with E-state index in [1.54, 1.807) is 18.5 Å². The predicted molar refractivity (Wildman–Crippen MR) is 145 cm³/mol. The van der Waals surface area contributed by atoms with Crippen LogP contribution in [0.25, 0.3) is 0 Å². The molecule has 1 saturated heterocycles. The summed E-state index contributed by atoms with van der Waals surface area (Å²) in [5.74, 6) is 0.961. The van der Waals surface area contributed by atoms with Gasteiger partial charge in [-0.25, -0.2) is 10.1 Å². The summed E-state index contributed by atoms with van der Waals surface area (Å²) in [6, 6.07) is 13.9. The van der Waals surface area contributed by atoms with E-state index in [-0.39, 0.29) is 17.0 Å². The number of halogens is 1. The number of aromatic nitrogens is 3. The molecule has 1 atom stereocenters. The van der Waals surface area contributed by atoms with Crippen LogP contribution in [0.4, 0.5) is 11.5 Å². The van der Waals surface area contributed by atoms with Crippen molar-refractivity contribution >= 4 is 29.0 Å². The second-order valence-corrected chi connectivity index (χ2v) is 10.0. The Morgan fingerprint density at radius 3 is 2.71 bits per heavy atom. The van der Waals surface area contributed by atoms with Crippen molar-refractivity contribution in [1.29, 1.82) is 5.26 Å². The van der Waals surface area contributed by atoms with Crippen molar-refractivity contribution in [3.63, 3.8) is 0 Å². The highest BCUT2D eigenvalue weighted by Gasteiger charge is 2.33. The summed E-state index contributed by atoms with van der Waals surface area (Å²) < 4.78 is 0. The molecule has 3 aromatic rings. The first-order valence-electron chi connectivity index (χ1n) is 12.6. The Bertz CT molecular complexity index is 1400. The lowest BCUT2D eigenvalue weighted by Gasteiger charge is -2.36. The number of carbonyl (C=O) groups excluding carboxylic acids is 1. The summed E-state index contributed by atoms with van der Waals surface area (Å²) in [7, 11) is 2.01. The highest BCUT2D eigenvalue weighted by Crippen LogP contribution is 2.39. The number of benzene rings is 1. The molecule has 0 bridgehead atoms. The van der Waals surface area contributed by atoms with Crippen LogP contribution < -0.4 is 15.4 Å². The van der Waals surface area contributed by atoms with Gasteiger partial charge >= 0.3 is 0 Å². The standard InChI is InChI=1S/C27H29ClN8O2/c1-33(9-8-25(37)35-12-10-34(11-13-35)24-7-6-19(14-29)15-30-24)18-23-21-5-3-2-4-20(21)17-36(23)22-16-31-32-27(38)26(22)28/h2-7,15-16,23H,8-13,17-18H2,1H3,(H,32,38)/t23-/m1/s1. The smallest absolute Gasteiger partial charge is 0.285 e. The maximum Gasteiger partial charge on any atom is 0.285 e. The van der Waals surface area contributed by atoms with E-state index in [4.69, 9.17) is 16.9 Å². The van der Waals surface area contributed by atoms with Crippen molar-refractivity contribution in [2.75, 3.05) is 56.1 Å². The maximum absolute atomic E-state index is 13.0. The number of nitrogens with zero attached hydrogens (tertiary/aromatic N) is 7. The minimum absolute atomic E-state index is 0.0177. The highest BCUT2D eigenvalue weighted by molar-refractivity contribution is 6.33. The number of H-pyrrole nitrogens is 1. The molecule has 0 spiro atoms. The fraction of sp³-hybridized carbons (Fsp3) is 0.370. The average Bonchev–Trinajstić information content (AvgIpc) is 3.31. The summed E-state index contributed by atoms with van der Waals surface area (Å²) >= 11 is 6.36. The molecule has 196 valence electrons. The van der Waals surface area contributed by atoms with Crippen molar-refractivity contribution < 1.29 is 4.79 Å². The summed E-state index contributed by atoms with van der Waals surface area (Å²) in [6.45, 7) is 4.62. The number of hydrogen-bond donors (Lipinski definition) is 1. The second-order valence-electron chi connectivity index (χ2n) is 9.64. The summed E-state index contributed by atoms with van der Waals surface area (Å²) in [5.41, 5.74) is 3.11. The van der Waals surface area contributed by atoms with Crippen LogP contribution in [0.3, 0.4) is 0 Å². The zero-order chi connectivity index (χ0) is 26.6. The fourth-order valence-electron chi connectivity index (χ4n) is 5.14. The molecule has 2 aromatic heterocycles. The van der Waals surface area contributed by atoms with E-state index >= 15 is 0 Å². The van der Waals surface area contributed by atoms with Gasteiger partial charge in [0.05, 0.1) is 23.5 Å². The number of nitriles is 1. The van der Waals surface area contributed by atoms with Crippen LogP contribution >= 0.6 is 11.6 Å².